The van der Waals surface area contributed by atoms with Gasteiger partial charge in [0.25, 0.3) is 0 Å². The lowest BCUT2D eigenvalue weighted by atomic mass is 9.99. The molecule has 0 amide bonds. The summed E-state index contributed by atoms with van der Waals surface area (Å²) in [6, 6.07) is 2.79. The molecular weight excluding hydrogens is 222 g/mol. The number of carboxylic acids is 1. The van der Waals surface area contributed by atoms with Gasteiger partial charge in [0.15, 0.2) is 11.5 Å². The van der Waals surface area contributed by atoms with Gasteiger partial charge in [0, 0.05) is 12.0 Å². The maximum absolute atomic E-state index is 10.8. The molecule has 1 atom stereocenters. The number of ether oxygens (including phenoxy) is 2. The Hall–Kier alpha value is -1.75. The quantitative estimate of drug-likeness (QED) is 0.809. The molecule has 0 fully saturated rings. The third-order valence-corrected chi connectivity index (χ3v) is 2.79. The Morgan fingerprint density at radius 2 is 2.18 bits per heavy atom. The van der Waals surface area contributed by atoms with Crippen molar-refractivity contribution >= 4 is 5.97 Å². The Morgan fingerprint density at radius 3 is 2.88 bits per heavy atom. The van der Waals surface area contributed by atoms with Gasteiger partial charge in [0.1, 0.15) is 19.3 Å². The topological polar surface area (TPSA) is 81.8 Å². The molecule has 17 heavy (non-hydrogen) atoms. The van der Waals surface area contributed by atoms with Crippen LogP contribution in [0.5, 0.6) is 11.5 Å². The smallest absolute Gasteiger partial charge is 0.320 e. The van der Waals surface area contributed by atoms with Gasteiger partial charge in [-0.25, -0.2) is 0 Å². The van der Waals surface area contributed by atoms with E-state index in [1.165, 1.54) is 0 Å². The van der Waals surface area contributed by atoms with Crippen molar-refractivity contribution in [2.45, 2.75) is 19.4 Å². The predicted octanol–water partition coefficient (Wildman–Crippen LogP) is 0.721. The van der Waals surface area contributed by atoms with E-state index in [0.29, 0.717) is 24.7 Å². The van der Waals surface area contributed by atoms with Crippen LogP contribution < -0.4 is 15.2 Å². The Balaban J connectivity index is 2.34. The first-order chi connectivity index (χ1) is 8.09. The summed E-state index contributed by atoms with van der Waals surface area (Å²) in [4.78, 5) is 10.8. The summed E-state index contributed by atoms with van der Waals surface area (Å²) < 4.78 is 11.0. The number of carbonyl (C=O) groups is 1. The summed E-state index contributed by atoms with van der Waals surface area (Å²) >= 11 is 0. The highest BCUT2D eigenvalue weighted by molar-refractivity contribution is 5.74. The van der Waals surface area contributed by atoms with Gasteiger partial charge >= 0.3 is 5.97 Å². The number of nitrogens with two attached hydrogens (primary N) is 1. The lowest BCUT2D eigenvalue weighted by molar-refractivity contribution is -0.138. The van der Waals surface area contributed by atoms with Gasteiger partial charge in [-0.2, -0.15) is 0 Å². The van der Waals surface area contributed by atoms with Crippen LogP contribution in [-0.2, 0) is 11.2 Å². The number of benzene rings is 1. The van der Waals surface area contributed by atoms with E-state index < -0.39 is 12.0 Å². The molecule has 2 rings (SSSR count). The van der Waals surface area contributed by atoms with Gasteiger partial charge in [-0.1, -0.05) is 6.07 Å². The summed E-state index contributed by atoms with van der Waals surface area (Å²) in [6.07, 6.45) is 0.244. The summed E-state index contributed by atoms with van der Waals surface area (Å²) in [5.41, 5.74) is 7.34. The number of aryl methyl sites for hydroxylation is 1. The molecule has 5 nitrogen and oxygen atoms in total. The van der Waals surface area contributed by atoms with Crippen LogP contribution in [0.25, 0.3) is 0 Å². The van der Waals surface area contributed by atoms with E-state index in [4.69, 9.17) is 20.3 Å². The van der Waals surface area contributed by atoms with Gasteiger partial charge in [-0.15, -0.1) is 0 Å². The number of rotatable bonds is 3. The zero-order valence-electron chi connectivity index (χ0n) is 9.60. The minimum absolute atomic E-state index is 0.244. The van der Waals surface area contributed by atoms with E-state index in [1.54, 1.807) is 0 Å². The van der Waals surface area contributed by atoms with E-state index in [-0.39, 0.29) is 6.42 Å². The Kier molecular flexibility index (Phi) is 3.19. The van der Waals surface area contributed by atoms with Crippen LogP contribution >= 0.6 is 0 Å². The second-order valence-electron chi connectivity index (χ2n) is 4.03. The molecule has 1 aromatic rings. The van der Waals surface area contributed by atoms with Gasteiger partial charge < -0.3 is 20.3 Å². The van der Waals surface area contributed by atoms with Crippen LogP contribution in [0.4, 0.5) is 0 Å². The zero-order valence-corrected chi connectivity index (χ0v) is 9.60. The third-order valence-electron chi connectivity index (χ3n) is 2.79. The van der Waals surface area contributed by atoms with E-state index in [1.807, 2.05) is 19.1 Å². The highest BCUT2D eigenvalue weighted by atomic mass is 16.6. The maximum Gasteiger partial charge on any atom is 0.320 e. The van der Waals surface area contributed by atoms with Crippen molar-refractivity contribution in [3.8, 4) is 11.5 Å². The van der Waals surface area contributed by atoms with Crippen LogP contribution in [0.2, 0.25) is 0 Å². The maximum atomic E-state index is 10.8. The third kappa shape index (κ3) is 2.34. The summed E-state index contributed by atoms with van der Waals surface area (Å²) in [5.74, 6) is 0.279. The standard InChI is InChI=1S/C12H15NO4/c1-7-2-3-10-11(17-5-4-16-10)8(7)6-9(13)12(14)15/h2-3,9H,4-6,13H2,1H3,(H,14,15). The highest BCUT2D eigenvalue weighted by Gasteiger charge is 2.21. The molecule has 0 saturated heterocycles. The zero-order chi connectivity index (χ0) is 12.4. The SMILES string of the molecule is Cc1ccc2c(c1CC(N)C(=O)O)OCCO2. The Bertz CT molecular complexity index is 444. The molecule has 0 radical (unpaired) electrons. The molecule has 1 unspecified atom stereocenters. The monoisotopic (exact) mass is 237 g/mol. The molecule has 1 aromatic carbocycles. The van der Waals surface area contributed by atoms with Crippen molar-refractivity contribution < 1.29 is 19.4 Å². The minimum Gasteiger partial charge on any atom is -0.486 e. The van der Waals surface area contributed by atoms with Crippen LogP contribution in [-0.4, -0.2) is 30.3 Å². The largest absolute Gasteiger partial charge is 0.486 e. The lowest BCUT2D eigenvalue weighted by Crippen LogP contribution is -2.33. The van der Waals surface area contributed by atoms with Crippen LogP contribution in [0.3, 0.4) is 0 Å². The molecule has 92 valence electrons. The second-order valence-corrected chi connectivity index (χ2v) is 4.03. The van der Waals surface area contributed by atoms with Gasteiger partial charge in [0.05, 0.1) is 0 Å². The van der Waals surface area contributed by atoms with Crippen LogP contribution in [0.15, 0.2) is 12.1 Å². The first kappa shape index (κ1) is 11.7. The van der Waals surface area contributed by atoms with Crippen molar-refractivity contribution in [3.05, 3.63) is 23.3 Å². The van der Waals surface area contributed by atoms with Crippen molar-refractivity contribution in [1.82, 2.24) is 0 Å². The molecule has 0 spiro atoms. The number of hydrogen-bond acceptors (Lipinski definition) is 4. The van der Waals surface area contributed by atoms with Gasteiger partial charge in [-0.3, -0.25) is 4.79 Å². The van der Waals surface area contributed by atoms with Crippen molar-refractivity contribution in [1.29, 1.82) is 0 Å². The van der Waals surface area contributed by atoms with Crippen LogP contribution in [0, 0.1) is 6.92 Å². The summed E-state index contributed by atoms with van der Waals surface area (Å²) in [7, 11) is 0. The summed E-state index contributed by atoms with van der Waals surface area (Å²) in [6.45, 7) is 2.90. The average Bonchev–Trinajstić information content (AvgIpc) is 2.32. The summed E-state index contributed by atoms with van der Waals surface area (Å²) in [5, 5.41) is 8.84. The number of hydrogen-bond donors (Lipinski definition) is 2. The predicted molar refractivity (Wildman–Crippen MR) is 61.5 cm³/mol. The number of aliphatic carboxylic acids is 1. The molecule has 1 heterocycles. The molecular formula is C12H15NO4. The fourth-order valence-electron chi connectivity index (χ4n) is 1.83. The number of fused-ring (bicyclic) bond motifs is 1. The molecule has 0 aliphatic carbocycles. The first-order valence-corrected chi connectivity index (χ1v) is 5.46. The normalized spacial score (nSPS) is 15.4. The number of carboxylic acid groups (broad SMARTS) is 1. The molecule has 1 aliphatic rings. The Labute approximate surface area is 99.1 Å². The molecule has 0 saturated carbocycles. The molecule has 5 heteroatoms. The fourth-order valence-corrected chi connectivity index (χ4v) is 1.83. The fraction of sp³-hybridized carbons (Fsp3) is 0.417. The molecule has 1 aliphatic heterocycles. The van der Waals surface area contributed by atoms with E-state index in [2.05, 4.69) is 0 Å². The van der Waals surface area contributed by atoms with E-state index in [0.717, 1.165) is 11.1 Å². The molecule has 3 N–H and O–H groups in total. The van der Waals surface area contributed by atoms with Gasteiger partial charge in [-0.05, 0) is 18.6 Å². The lowest BCUT2D eigenvalue weighted by Gasteiger charge is -2.23. The molecule has 0 aromatic heterocycles. The van der Waals surface area contributed by atoms with E-state index >= 15 is 0 Å². The second kappa shape index (κ2) is 4.63. The van der Waals surface area contributed by atoms with Crippen molar-refractivity contribution in [2.75, 3.05) is 13.2 Å². The first-order valence-electron chi connectivity index (χ1n) is 5.46. The van der Waals surface area contributed by atoms with Crippen LogP contribution in [0.1, 0.15) is 11.1 Å². The van der Waals surface area contributed by atoms with Gasteiger partial charge in [0.2, 0.25) is 0 Å². The van der Waals surface area contributed by atoms with Crippen molar-refractivity contribution in [3.63, 3.8) is 0 Å². The molecule has 0 bridgehead atoms. The Morgan fingerprint density at radius 1 is 1.47 bits per heavy atom. The average molecular weight is 237 g/mol. The highest BCUT2D eigenvalue weighted by Crippen LogP contribution is 2.36. The van der Waals surface area contributed by atoms with Crippen molar-refractivity contribution in [2.24, 2.45) is 5.73 Å². The van der Waals surface area contributed by atoms with E-state index in [9.17, 15) is 4.79 Å². The minimum atomic E-state index is -1.02.